The van der Waals surface area contributed by atoms with Crippen molar-refractivity contribution in [1.82, 2.24) is 4.98 Å². The Labute approximate surface area is 125 Å². The van der Waals surface area contributed by atoms with Crippen molar-refractivity contribution in [2.75, 3.05) is 5.32 Å². The lowest BCUT2D eigenvalue weighted by molar-refractivity contribution is 0.619. The molecule has 0 radical (unpaired) electrons. The van der Waals surface area contributed by atoms with Crippen LogP contribution in [0.5, 0.6) is 0 Å². The van der Waals surface area contributed by atoms with Gasteiger partial charge in [0, 0.05) is 10.9 Å². The quantitative estimate of drug-likeness (QED) is 0.724. The molecule has 1 heterocycles. The van der Waals surface area contributed by atoms with Gasteiger partial charge in [-0.1, -0.05) is 12.1 Å². The first-order chi connectivity index (χ1) is 10.1. The van der Waals surface area contributed by atoms with E-state index >= 15 is 0 Å². The van der Waals surface area contributed by atoms with Crippen LogP contribution in [0.1, 0.15) is 5.56 Å². The number of aromatic nitrogens is 1. The SMILES string of the molecule is Cc1cc(-c2csc(Nc3ccccc3F)n2)ccc1F. The maximum atomic E-state index is 13.6. The van der Waals surface area contributed by atoms with Crippen LogP contribution in [0.2, 0.25) is 0 Å². The summed E-state index contributed by atoms with van der Waals surface area (Å²) in [5.41, 5.74) is 2.53. The van der Waals surface area contributed by atoms with Gasteiger partial charge in [0.1, 0.15) is 11.6 Å². The van der Waals surface area contributed by atoms with E-state index in [0.29, 0.717) is 16.4 Å². The van der Waals surface area contributed by atoms with Gasteiger partial charge < -0.3 is 5.32 Å². The Morgan fingerprint density at radius 2 is 1.86 bits per heavy atom. The number of aryl methyl sites for hydroxylation is 1. The first kappa shape index (κ1) is 13.7. The van der Waals surface area contributed by atoms with Crippen molar-refractivity contribution >= 4 is 22.2 Å². The third kappa shape index (κ3) is 2.92. The van der Waals surface area contributed by atoms with E-state index in [9.17, 15) is 8.78 Å². The second kappa shape index (κ2) is 5.61. The Kier molecular flexibility index (Phi) is 3.66. The zero-order valence-corrected chi connectivity index (χ0v) is 12.0. The van der Waals surface area contributed by atoms with Crippen molar-refractivity contribution in [3.05, 3.63) is 65.0 Å². The molecule has 106 valence electrons. The van der Waals surface area contributed by atoms with Gasteiger partial charge in [0.25, 0.3) is 0 Å². The molecule has 0 aliphatic heterocycles. The summed E-state index contributed by atoms with van der Waals surface area (Å²) < 4.78 is 26.9. The van der Waals surface area contributed by atoms with E-state index in [1.807, 2.05) is 5.38 Å². The van der Waals surface area contributed by atoms with Gasteiger partial charge >= 0.3 is 0 Å². The van der Waals surface area contributed by atoms with Crippen LogP contribution < -0.4 is 5.32 Å². The van der Waals surface area contributed by atoms with Crippen LogP contribution in [0.25, 0.3) is 11.3 Å². The molecule has 1 aromatic heterocycles. The number of anilines is 2. The fourth-order valence-corrected chi connectivity index (χ4v) is 2.68. The van der Waals surface area contributed by atoms with Crippen LogP contribution in [0.3, 0.4) is 0 Å². The Morgan fingerprint density at radius 3 is 2.62 bits per heavy atom. The predicted octanol–water partition coefficient (Wildman–Crippen LogP) is 5.14. The smallest absolute Gasteiger partial charge is 0.187 e. The monoisotopic (exact) mass is 302 g/mol. The third-order valence-electron chi connectivity index (χ3n) is 3.07. The van der Waals surface area contributed by atoms with Gasteiger partial charge in [-0.05, 0) is 42.8 Å². The van der Waals surface area contributed by atoms with E-state index in [0.717, 1.165) is 11.3 Å². The summed E-state index contributed by atoms with van der Waals surface area (Å²) in [7, 11) is 0. The molecule has 0 atom stereocenters. The summed E-state index contributed by atoms with van der Waals surface area (Å²) in [6.07, 6.45) is 0. The molecular formula is C16H12F2N2S. The molecule has 0 aliphatic rings. The number of para-hydroxylation sites is 1. The summed E-state index contributed by atoms with van der Waals surface area (Å²) >= 11 is 1.38. The van der Waals surface area contributed by atoms with Crippen molar-refractivity contribution in [1.29, 1.82) is 0 Å². The van der Waals surface area contributed by atoms with E-state index in [4.69, 9.17) is 0 Å². The molecule has 2 aromatic carbocycles. The van der Waals surface area contributed by atoms with Crippen LogP contribution in [0.15, 0.2) is 47.8 Å². The molecule has 5 heteroatoms. The van der Waals surface area contributed by atoms with Gasteiger partial charge in [-0.3, -0.25) is 0 Å². The van der Waals surface area contributed by atoms with Crippen LogP contribution in [-0.4, -0.2) is 4.98 Å². The van der Waals surface area contributed by atoms with Gasteiger partial charge in [0.05, 0.1) is 11.4 Å². The lowest BCUT2D eigenvalue weighted by Crippen LogP contribution is -1.92. The number of hydrogen-bond donors (Lipinski definition) is 1. The molecule has 0 saturated carbocycles. The molecule has 1 N–H and O–H groups in total. The molecule has 0 bridgehead atoms. The second-order valence-corrected chi connectivity index (χ2v) is 5.46. The summed E-state index contributed by atoms with van der Waals surface area (Å²) in [5.74, 6) is -0.564. The number of nitrogens with zero attached hydrogens (tertiary/aromatic N) is 1. The van der Waals surface area contributed by atoms with E-state index in [1.54, 1.807) is 37.3 Å². The van der Waals surface area contributed by atoms with E-state index < -0.39 is 0 Å². The highest BCUT2D eigenvalue weighted by Crippen LogP contribution is 2.28. The maximum Gasteiger partial charge on any atom is 0.187 e. The molecule has 0 spiro atoms. The van der Waals surface area contributed by atoms with Crippen molar-refractivity contribution in [2.45, 2.75) is 6.92 Å². The van der Waals surface area contributed by atoms with E-state index in [-0.39, 0.29) is 11.6 Å². The summed E-state index contributed by atoms with van der Waals surface area (Å²) in [5, 5.41) is 5.40. The number of hydrogen-bond acceptors (Lipinski definition) is 3. The zero-order chi connectivity index (χ0) is 14.8. The summed E-state index contributed by atoms with van der Waals surface area (Å²) in [6, 6.07) is 11.3. The molecule has 0 saturated heterocycles. The van der Waals surface area contributed by atoms with Crippen LogP contribution in [0.4, 0.5) is 19.6 Å². The van der Waals surface area contributed by atoms with Crippen molar-refractivity contribution in [3.63, 3.8) is 0 Å². The van der Waals surface area contributed by atoms with Gasteiger partial charge in [0.2, 0.25) is 0 Å². The van der Waals surface area contributed by atoms with Crippen LogP contribution >= 0.6 is 11.3 Å². The molecule has 3 rings (SSSR count). The van der Waals surface area contributed by atoms with Gasteiger partial charge in [0.15, 0.2) is 5.13 Å². The summed E-state index contributed by atoms with van der Waals surface area (Å²) in [6.45, 7) is 1.71. The molecule has 0 fully saturated rings. The summed E-state index contributed by atoms with van der Waals surface area (Å²) in [4.78, 5) is 4.41. The molecule has 3 aromatic rings. The minimum Gasteiger partial charge on any atom is -0.329 e. The molecule has 0 unspecified atom stereocenters. The minimum atomic E-state index is -0.327. The van der Waals surface area contributed by atoms with Gasteiger partial charge in [-0.15, -0.1) is 11.3 Å². The lowest BCUT2D eigenvalue weighted by atomic mass is 10.1. The fourth-order valence-electron chi connectivity index (χ4n) is 1.95. The highest BCUT2D eigenvalue weighted by atomic mass is 32.1. The molecule has 2 nitrogen and oxygen atoms in total. The first-order valence-electron chi connectivity index (χ1n) is 6.37. The maximum absolute atomic E-state index is 13.6. The standard InChI is InChI=1S/C16H12F2N2S/c1-10-8-11(6-7-12(10)17)15-9-21-16(20-15)19-14-5-3-2-4-13(14)18/h2-9H,1H3,(H,19,20). The number of thiazole rings is 1. The van der Waals surface area contributed by atoms with Crippen LogP contribution in [0, 0.1) is 18.6 Å². The van der Waals surface area contributed by atoms with Crippen LogP contribution in [-0.2, 0) is 0 Å². The molecule has 0 aliphatic carbocycles. The molecule has 21 heavy (non-hydrogen) atoms. The Bertz CT molecular complexity index is 783. The number of rotatable bonds is 3. The Hall–Kier alpha value is -2.27. The predicted molar refractivity (Wildman–Crippen MR) is 81.9 cm³/mol. The average molecular weight is 302 g/mol. The minimum absolute atomic E-state index is 0.237. The van der Waals surface area contributed by atoms with E-state index in [1.165, 1.54) is 23.5 Å². The number of benzene rings is 2. The lowest BCUT2D eigenvalue weighted by Gasteiger charge is -2.03. The zero-order valence-electron chi connectivity index (χ0n) is 11.2. The Morgan fingerprint density at radius 1 is 1.05 bits per heavy atom. The van der Waals surface area contributed by atoms with Crippen molar-refractivity contribution in [3.8, 4) is 11.3 Å². The molecular weight excluding hydrogens is 290 g/mol. The number of nitrogens with one attached hydrogen (secondary N) is 1. The fraction of sp³-hybridized carbons (Fsp3) is 0.0625. The van der Waals surface area contributed by atoms with Crippen molar-refractivity contribution in [2.24, 2.45) is 0 Å². The number of halogens is 2. The normalized spacial score (nSPS) is 10.6. The molecule has 0 amide bonds. The topological polar surface area (TPSA) is 24.9 Å². The second-order valence-electron chi connectivity index (χ2n) is 4.61. The van der Waals surface area contributed by atoms with Gasteiger partial charge in [-0.25, -0.2) is 13.8 Å². The van der Waals surface area contributed by atoms with Gasteiger partial charge in [-0.2, -0.15) is 0 Å². The van der Waals surface area contributed by atoms with E-state index in [2.05, 4.69) is 10.3 Å². The largest absolute Gasteiger partial charge is 0.329 e. The van der Waals surface area contributed by atoms with Crippen molar-refractivity contribution < 1.29 is 8.78 Å². The first-order valence-corrected chi connectivity index (χ1v) is 7.25. The highest BCUT2D eigenvalue weighted by Gasteiger charge is 2.08. The average Bonchev–Trinajstić information content (AvgIpc) is 2.93. The Balaban J connectivity index is 1.86. The third-order valence-corrected chi connectivity index (χ3v) is 3.83. The highest BCUT2D eigenvalue weighted by molar-refractivity contribution is 7.14.